The molecule has 0 saturated heterocycles. The molecule has 0 aliphatic heterocycles. The summed E-state index contributed by atoms with van der Waals surface area (Å²) >= 11 is 1.48. The fraction of sp³-hybridized carbons (Fsp3) is 0.429. The van der Waals surface area contributed by atoms with Crippen molar-refractivity contribution in [2.75, 3.05) is 6.26 Å². The maximum atomic E-state index is 13.3. The zero-order valence-electron chi connectivity index (χ0n) is 17.1. The Morgan fingerprint density at radius 1 is 1.21 bits per heavy atom. The van der Waals surface area contributed by atoms with Crippen LogP contribution in [0.5, 0.6) is 0 Å². The Labute approximate surface area is 170 Å². The summed E-state index contributed by atoms with van der Waals surface area (Å²) in [6.45, 7) is 8.74. The zero-order valence-corrected chi connectivity index (χ0v) is 18.0. The molecule has 3 aromatic rings. The van der Waals surface area contributed by atoms with E-state index in [1.54, 1.807) is 4.52 Å². The molecule has 1 amide bonds. The van der Waals surface area contributed by atoms with Crippen LogP contribution in [0.1, 0.15) is 42.8 Å². The number of amides is 1. The van der Waals surface area contributed by atoms with Crippen LogP contribution in [-0.4, -0.2) is 42.7 Å². The summed E-state index contributed by atoms with van der Waals surface area (Å²) in [5, 5.41) is 5.17. The Kier molecular flexibility index (Phi) is 6.34. The minimum absolute atomic E-state index is 0.107. The number of fused-ring (bicyclic) bond motifs is 1. The zero-order chi connectivity index (χ0) is 20.3. The van der Waals surface area contributed by atoms with Gasteiger partial charge in [-0.1, -0.05) is 49.0 Å². The summed E-state index contributed by atoms with van der Waals surface area (Å²) in [4.78, 5) is 24.2. The van der Waals surface area contributed by atoms with Crippen molar-refractivity contribution in [1.29, 1.82) is 0 Å². The third-order valence-electron chi connectivity index (χ3n) is 5.18. The van der Waals surface area contributed by atoms with E-state index in [1.807, 2.05) is 43.2 Å². The van der Waals surface area contributed by atoms with Gasteiger partial charge in [-0.25, -0.2) is 9.50 Å². The highest BCUT2D eigenvalue weighted by Gasteiger charge is 2.22. The maximum Gasteiger partial charge on any atom is 0.253 e. The highest BCUT2D eigenvalue weighted by atomic mass is 32.2. The molecule has 0 unspecified atom stereocenters. The minimum atomic E-state index is 0.107. The van der Waals surface area contributed by atoms with Gasteiger partial charge >= 0.3 is 0 Å². The first kappa shape index (κ1) is 20.3. The fourth-order valence-corrected chi connectivity index (χ4v) is 3.61. The van der Waals surface area contributed by atoms with Crippen molar-refractivity contribution in [3.05, 3.63) is 52.8 Å². The molecule has 2 aromatic heterocycles. The standard InChI is InChI=1S/C21H27N5OS/c1-6-14(2)25(13-17-10-8-7-9-11-17)19(27)12-18-15(3)22-20-23-21(28-5)24-26(20)16(18)4/h7-11,14H,6,12-13H2,1-5H3/t14-/m1/s1. The van der Waals surface area contributed by atoms with E-state index in [2.05, 4.69) is 41.0 Å². The predicted molar refractivity (Wildman–Crippen MR) is 112 cm³/mol. The summed E-state index contributed by atoms with van der Waals surface area (Å²) in [7, 11) is 0. The van der Waals surface area contributed by atoms with Gasteiger partial charge in [-0.3, -0.25) is 4.79 Å². The third kappa shape index (κ3) is 4.19. The number of nitrogens with zero attached hydrogens (tertiary/aromatic N) is 5. The number of carbonyl (C=O) groups is 1. The molecule has 148 valence electrons. The normalized spacial score (nSPS) is 12.3. The monoisotopic (exact) mass is 397 g/mol. The summed E-state index contributed by atoms with van der Waals surface area (Å²) in [6.07, 6.45) is 3.16. The Morgan fingerprint density at radius 2 is 1.93 bits per heavy atom. The lowest BCUT2D eigenvalue weighted by atomic mass is 10.1. The molecule has 1 atom stereocenters. The molecule has 2 heterocycles. The molecule has 6 nitrogen and oxygen atoms in total. The van der Waals surface area contributed by atoms with Crippen LogP contribution in [0.25, 0.3) is 5.78 Å². The van der Waals surface area contributed by atoms with Gasteiger partial charge in [0, 0.05) is 29.5 Å². The average molecular weight is 398 g/mol. The number of hydrogen-bond donors (Lipinski definition) is 0. The molecule has 0 aliphatic carbocycles. The topological polar surface area (TPSA) is 63.4 Å². The molecule has 1 aromatic carbocycles. The molecule has 0 fully saturated rings. The van der Waals surface area contributed by atoms with Crippen LogP contribution in [0.15, 0.2) is 35.5 Å². The van der Waals surface area contributed by atoms with E-state index < -0.39 is 0 Å². The molecule has 0 bridgehead atoms. The number of aromatic nitrogens is 4. The van der Waals surface area contributed by atoms with Crippen molar-refractivity contribution in [3.8, 4) is 0 Å². The average Bonchev–Trinajstić information content (AvgIpc) is 3.12. The fourth-order valence-electron chi connectivity index (χ4n) is 3.28. The quantitative estimate of drug-likeness (QED) is 0.567. The van der Waals surface area contributed by atoms with E-state index in [0.29, 0.717) is 23.9 Å². The molecular formula is C21H27N5OS. The lowest BCUT2D eigenvalue weighted by Gasteiger charge is -2.29. The van der Waals surface area contributed by atoms with Crippen LogP contribution >= 0.6 is 11.8 Å². The summed E-state index contributed by atoms with van der Waals surface area (Å²) in [5.41, 5.74) is 3.82. The first-order chi connectivity index (χ1) is 13.4. The van der Waals surface area contributed by atoms with Crippen LogP contribution < -0.4 is 0 Å². The number of carbonyl (C=O) groups excluding carboxylic acids is 1. The van der Waals surface area contributed by atoms with Crippen LogP contribution in [0, 0.1) is 13.8 Å². The largest absolute Gasteiger partial charge is 0.335 e. The molecule has 3 rings (SSSR count). The molecular weight excluding hydrogens is 370 g/mol. The van der Waals surface area contributed by atoms with Crippen molar-refractivity contribution in [3.63, 3.8) is 0 Å². The second kappa shape index (κ2) is 8.73. The van der Waals surface area contributed by atoms with Gasteiger partial charge in [0.1, 0.15) is 0 Å². The molecule has 7 heteroatoms. The van der Waals surface area contributed by atoms with E-state index in [1.165, 1.54) is 11.8 Å². The van der Waals surface area contributed by atoms with Crippen LogP contribution in [0.2, 0.25) is 0 Å². The van der Waals surface area contributed by atoms with Gasteiger partial charge in [-0.2, -0.15) is 4.98 Å². The Morgan fingerprint density at radius 3 is 2.57 bits per heavy atom. The molecule has 0 N–H and O–H groups in total. The van der Waals surface area contributed by atoms with Crippen molar-refractivity contribution in [1.82, 2.24) is 24.5 Å². The lowest BCUT2D eigenvalue weighted by molar-refractivity contribution is -0.133. The van der Waals surface area contributed by atoms with Crippen LogP contribution in [0.4, 0.5) is 0 Å². The Hall–Kier alpha value is -2.41. The lowest BCUT2D eigenvalue weighted by Crippen LogP contribution is -2.39. The summed E-state index contributed by atoms with van der Waals surface area (Å²) in [5.74, 6) is 0.689. The van der Waals surface area contributed by atoms with Crippen LogP contribution in [-0.2, 0) is 17.8 Å². The van der Waals surface area contributed by atoms with E-state index in [4.69, 9.17) is 0 Å². The van der Waals surface area contributed by atoms with Gasteiger partial charge in [0.2, 0.25) is 11.1 Å². The highest BCUT2D eigenvalue weighted by Crippen LogP contribution is 2.19. The van der Waals surface area contributed by atoms with Gasteiger partial charge < -0.3 is 4.90 Å². The smallest absolute Gasteiger partial charge is 0.253 e. The van der Waals surface area contributed by atoms with Gasteiger partial charge in [-0.05, 0) is 39.0 Å². The van der Waals surface area contributed by atoms with Gasteiger partial charge in [-0.15, -0.1) is 5.10 Å². The maximum absolute atomic E-state index is 13.3. The van der Waals surface area contributed by atoms with E-state index in [0.717, 1.165) is 28.9 Å². The number of hydrogen-bond acceptors (Lipinski definition) is 5. The van der Waals surface area contributed by atoms with Crippen LogP contribution in [0.3, 0.4) is 0 Å². The van der Waals surface area contributed by atoms with E-state index >= 15 is 0 Å². The molecule has 0 saturated carbocycles. The second-order valence-corrected chi connectivity index (χ2v) is 7.79. The third-order valence-corrected chi connectivity index (χ3v) is 5.72. The number of aryl methyl sites for hydroxylation is 2. The highest BCUT2D eigenvalue weighted by molar-refractivity contribution is 7.98. The van der Waals surface area contributed by atoms with Gasteiger partial charge in [0.15, 0.2) is 0 Å². The van der Waals surface area contributed by atoms with Gasteiger partial charge in [0.25, 0.3) is 5.78 Å². The summed E-state index contributed by atoms with van der Waals surface area (Å²) < 4.78 is 1.74. The van der Waals surface area contributed by atoms with Gasteiger partial charge in [0.05, 0.1) is 6.42 Å². The predicted octanol–water partition coefficient (Wildman–Crippen LogP) is 3.83. The van der Waals surface area contributed by atoms with E-state index in [9.17, 15) is 4.79 Å². The Bertz CT molecular complexity index is 970. The Balaban J connectivity index is 1.90. The van der Waals surface area contributed by atoms with Crippen molar-refractivity contribution in [2.24, 2.45) is 0 Å². The molecule has 28 heavy (non-hydrogen) atoms. The number of thioether (sulfide) groups is 1. The van der Waals surface area contributed by atoms with Crippen molar-refractivity contribution in [2.45, 2.75) is 58.3 Å². The van der Waals surface area contributed by atoms with Crippen molar-refractivity contribution < 1.29 is 4.79 Å². The number of rotatable bonds is 7. The SMILES string of the molecule is CC[C@@H](C)N(Cc1ccccc1)C(=O)Cc1c(C)nc2nc(SC)nn2c1C. The van der Waals surface area contributed by atoms with Crippen molar-refractivity contribution >= 4 is 23.4 Å². The minimum Gasteiger partial charge on any atom is -0.335 e. The molecule has 0 radical (unpaired) electrons. The molecule has 0 aliphatic rings. The molecule has 0 spiro atoms. The first-order valence-electron chi connectivity index (χ1n) is 9.54. The number of benzene rings is 1. The second-order valence-electron chi connectivity index (χ2n) is 7.01. The van der Waals surface area contributed by atoms with E-state index in [-0.39, 0.29) is 11.9 Å². The first-order valence-corrected chi connectivity index (χ1v) is 10.8. The summed E-state index contributed by atoms with van der Waals surface area (Å²) in [6, 6.07) is 10.3.